The lowest BCUT2D eigenvalue weighted by molar-refractivity contribution is -0.144. The Labute approximate surface area is 142 Å². The van der Waals surface area contributed by atoms with Crippen LogP contribution in [0.5, 0.6) is 0 Å². The standard InChI is InChI=1S/C19H37NO3/c1-16(2)14-12-10-8-6-5-7-9-11-13-15-18(21)20-17(3)19(22)23-4/h16-17H,5-15H2,1-4H3,(H,20,21). The summed E-state index contributed by atoms with van der Waals surface area (Å²) in [6.45, 7) is 6.22. The van der Waals surface area contributed by atoms with E-state index >= 15 is 0 Å². The molecule has 0 aromatic heterocycles. The molecule has 136 valence electrons. The summed E-state index contributed by atoms with van der Waals surface area (Å²) in [7, 11) is 1.33. The van der Waals surface area contributed by atoms with Gasteiger partial charge in [0.15, 0.2) is 0 Å². The predicted octanol–water partition coefficient (Wildman–Crippen LogP) is 4.61. The molecule has 4 nitrogen and oxygen atoms in total. The summed E-state index contributed by atoms with van der Waals surface area (Å²) in [5.41, 5.74) is 0. The molecule has 0 aromatic carbocycles. The molecule has 23 heavy (non-hydrogen) atoms. The zero-order valence-corrected chi connectivity index (χ0v) is 15.7. The average Bonchev–Trinajstić information content (AvgIpc) is 2.51. The third-order valence-electron chi connectivity index (χ3n) is 4.12. The van der Waals surface area contributed by atoms with Crippen molar-refractivity contribution in [1.29, 1.82) is 0 Å². The van der Waals surface area contributed by atoms with Gasteiger partial charge in [0.05, 0.1) is 7.11 Å². The second kappa shape index (κ2) is 14.5. The third-order valence-corrected chi connectivity index (χ3v) is 4.12. The number of ether oxygens (including phenoxy) is 1. The van der Waals surface area contributed by atoms with Crippen molar-refractivity contribution < 1.29 is 14.3 Å². The van der Waals surface area contributed by atoms with Crippen LogP contribution in [-0.4, -0.2) is 25.0 Å². The molecule has 0 bridgehead atoms. The van der Waals surface area contributed by atoms with E-state index in [0.29, 0.717) is 6.42 Å². The molecule has 0 saturated carbocycles. The average molecular weight is 328 g/mol. The number of esters is 1. The quantitative estimate of drug-likeness (QED) is 0.374. The van der Waals surface area contributed by atoms with Gasteiger partial charge < -0.3 is 10.1 Å². The molecular weight excluding hydrogens is 290 g/mol. The molecule has 0 aromatic rings. The molecule has 0 saturated heterocycles. The molecule has 1 amide bonds. The zero-order valence-electron chi connectivity index (χ0n) is 15.7. The van der Waals surface area contributed by atoms with Crippen molar-refractivity contribution in [3.8, 4) is 0 Å². The van der Waals surface area contributed by atoms with Gasteiger partial charge >= 0.3 is 5.97 Å². The molecule has 0 heterocycles. The zero-order chi connectivity index (χ0) is 17.5. The Morgan fingerprint density at radius 2 is 1.30 bits per heavy atom. The van der Waals surface area contributed by atoms with Crippen LogP contribution in [0.3, 0.4) is 0 Å². The first-order chi connectivity index (χ1) is 11.0. The monoisotopic (exact) mass is 327 g/mol. The Bertz CT molecular complexity index is 316. The molecule has 0 spiro atoms. The van der Waals surface area contributed by atoms with Gasteiger partial charge in [0.25, 0.3) is 0 Å². The van der Waals surface area contributed by atoms with E-state index in [0.717, 1.165) is 18.8 Å². The molecule has 0 aliphatic rings. The number of amides is 1. The summed E-state index contributed by atoms with van der Waals surface area (Å²) in [6, 6.07) is -0.553. The fourth-order valence-electron chi connectivity index (χ4n) is 2.62. The van der Waals surface area contributed by atoms with Crippen LogP contribution in [0.15, 0.2) is 0 Å². The molecule has 0 radical (unpaired) electrons. The number of carbonyl (C=O) groups is 2. The van der Waals surface area contributed by atoms with E-state index in [1.807, 2.05) is 0 Å². The van der Waals surface area contributed by atoms with Gasteiger partial charge in [-0.2, -0.15) is 0 Å². The second-order valence-electron chi connectivity index (χ2n) is 6.93. The molecule has 4 heteroatoms. The van der Waals surface area contributed by atoms with Crippen LogP contribution in [0.25, 0.3) is 0 Å². The fourth-order valence-corrected chi connectivity index (χ4v) is 2.62. The number of nitrogens with one attached hydrogen (secondary N) is 1. The Balaban J connectivity index is 3.33. The highest BCUT2D eigenvalue weighted by molar-refractivity contribution is 5.83. The summed E-state index contributed by atoms with van der Waals surface area (Å²) in [6.07, 6.45) is 13.1. The van der Waals surface area contributed by atoms with Crippen LogP contribution in [-0.2, 0) is 14.3 Å². The maximum atomic E-state index is 11.6. The van der Waals surface area contributed by atoms with Crippen molar-refractivity contribution in [1.82, 2.24) is 5.32 Å². The van der Waals surface area contributed by atoms with Gasteiger partial charge in [-0.1, -0.05) is 71.6 Å². The Morgan fingerprint density at radius 1 is 0.826 bits per heavy atom. The fraction of sp³-hybridized carbons (Fsp3) is 0.895. The lowest BCUT2D eigenvalue weighted by atomic mass is 10.0. The van der Waals surface area contributed by atoms with Gasteiger partial charge in [0.2, 0.25) is 5.91 Å². The summed E-state index contributed by atoms with van der Waals surface area (Å²) in [4.78, 5) is 22.8. The van der Waals surface area contributed by atoms with E-state index in [-0.39, 0.29) is 5.91 Å². The number of hydrogen-bond acceptors (Lipinski definition) is 3. The van der Waals surface area contributed by atoms with Crippen molar-refractivity contribution >= 4 is 11.9 Å². The lowest BCUT2D eigenvalue weighted by Gasteiger charge is -2.11. The largest absolute Gasteiger partial charge is 0.467 e. The first-order valence-corrected chi connectivity index (χ1v) is 9.34. The van der Waals surface area contributed by atoms with E-state index in [2.05, 4.69) is 23.9 Å². The highest BCUT2D eigenvalue weighted by Crippen LogP contribution is 2.13. The minimum atomic E-state index is -0.553. The van der Waals surface area contributed by atoms with E-state index < -0.39 is 12.0 Å². The summed E-state index contributed by atoms with van der Waals surface area (Å²) >= 11 is 0. The number of hydrogen-bond donors (Lipinski definition) is 1. The maximum Gasteiger partial charge on any atom is 0.328 e. The van der Waals surface area contributed by atoms with Crippen molar-refractivity contribution in [2.24, 2.45) is 5.92 Å². The van der Waals surface area contributed by atoms with Crippen LogP contribution in [0, 0.1) is 5.92 Å². The summed E-state index contributed by atoms with van der Waals surface area (Å²) in [5, 5.41) is 2.66. The van der Waals surface area contributed by atoms with Crippen LogP contribution < -0.4 is 5.32 Å². The van der Waals surface area contributed by atoms with E-state index in [4.69, 9.17) is 0 Å². The van der Waals surface area contributed by atoms with Gasteiger partial charge in [-0.3, -0.25) is 4.79 Å². The van der Waals surface area contributed by atoms with Crippen molar-refractivity contribution in [3.05, 3.63) is 0 Å². The van der Waals surface area contributed by atoms with E-state index in [1.165, 1.54) is 58.5 Å². The molecule has 0 aliphatic heterocycles. The van der Waals surface area contributed by atoms with Crippen LogP contribution in [0.4, 0.5) is 0 Å². The van der Waals surface area contributed by atoms with Gasteiger partial charge in [-0.05, 0) is 19.3 Å². The summed E-state index contributed by atoms with van der Waals surface area (Å²) < 4.78 is 4.58. The first kappa shape index (κ1) is 21.9. The lowest BCUT2D eigenvalue weighted by Crippen LogP contribution is -2.38. The van der Waals surface area contributed by atoms with Crippen molar-refractivity contribution in [2.75, 3.05) is 7.11 Å². The van der Waals surface area contributed by atoms with Crippen molar-refractivity contribution in [2.45, 2.75) is 97.4 Å². The minimum Gasteiger partial charge on any atom is -0.467 e. The number of rotatable bonds is 14. The number of carbonyl (C=O) groups excluding carboxylic acids is 2. The van der Waals surface area contributed by atoms with E-state index in [9.17, 15) is 9.59 Å². The normalized spacial score (nSPS) is 12.2. The van der Waals surface area contributed by atoms with Crippen LogP contribution >= 0.6 is 0 Å². The molecule has 0 rings (SSSR count). The highest BCUT2D eigenvalue weighted by Gasteiger charge is 2.14. The second-order valence-corrected chi connectivity index (χ2v) is 6.93. The van der Waals surface area contributed by atoms with Gasteiger partial charge in [-0.25, -0.2) is 4.79 Å². The van der Waals surface area contributed by atoms with Gasteiger partial charge in [0, 0.05) is 6.42 Å². The molecule has 1 atom stereocenters. The molecule has 0 fully saturated rings. The minimum absolute atomic E-state index is 0.0620. The van der Waals surface area contributed by atoms with E-state index in [1.54, 1.807) is 6.92 Å². The van der Waals surface area contributed by atoms with Crippen LogP contribution in [0.2, 0.25) is 0 Å². The van der Waals surface area contributed by atoms with Crippen LogP contribution in [0.1, 0.15) is 91.4 Å². The Morgan fingerprint density at radius 3 is 1.78 bits per heavy atom. The Hall–Kier alpha value is -1.06. The number of unbranched alkanes of at least 4 members (excludes halogenated alkanes) is 8. The summed E-state index contributed by atoms with van der Waals surface area (Å²) in [5.74, 6) is 0.377. The number of methoxy groups -OCH3 is 1. The maximum absolute atomic E-state index is 11.6. The molecule has 1 unspecified atom stereocenters. The SMILES string of the molecule is COC(=O)C(C)NC(=O)CCCCCCCCCCCC(C)C. The van der Waals surface area contributed by atoms with Gasteiger partial charge in [-0.15, -0.1) is 0 Å². The van der Waals surface area contributed by atoms with Gasteiger partial charge in [0.1, 0.15) is 6.04 Å². The third kappa shape index (κ3) is 14.3. The first-order valence-electron chi connectivity index (χ1n) is 9.34. The highest BCUT2D eigenvalue weighted by atomic mass is 16.5. The smallest absolute Gasteiger partial charge is 0.328 e. The predicted molar refractivity (Wildman–Crippen MR) is 95.2 cm³/mol. The Kier molecular flexibility index (Phi) is 13.9. The molecule has 1 N–H and O–H groups in total. The topological polar surface area (TPSA) is 55.4 Å². The molecular formula is C19H37NO3. The van der Waals surface area contributed by atoms with Crippen molar-refractivity contribution in [3.63, 3.8) is 0 Å². The molecule has 0 aliphatic carbocycles.